The summed E-state index contributed by atoms with van der Waals surface area (Å²) >= 11 is 0. The van der Waals surface area contributed by atoms with Gasteiger partial charge in [-0.05, 0) is 54.0 Å². The second-order valence-electron chi connectivity index (χ2n) is 6.44. The van der Waals surface area contributed by atoms with Gasteiger partial charge in [-0.3, -0.25) is 4.79 Å². The van der Waals surface area contributed by atoms with Crippen molar-refractivity contribution >= 4 is 28.9 Å². The fourth-order valence-electron chi connectivity index (χ4n) is 2.91. The van der Waals surface area contributed by atoms with Crippen LogP contribution in [0.1, 0.15) is 18.1 Å². The molecule has 0 spiro atoms. The average Bonchev–Trinajstić information content (AvgIpc) is 3.09. The molecule has 0 saturated heterocycles. The number of amides is 1. The third-order valence-electron chi connectivity index (χ3n) is 4.34. The molecule has 0 aliphatic heterocycles. The molecule has 0 atom stereocenters. The van der Waals surface area contributed by atoms with Crippen molar-refractivity contribution in [2.24, 2.45) is 0 Å². The fourth-order valence-corrected chi connectivity index (χ4v) is 2.91. The normalized spacial score (nSPS) is 11.0. The minimum Gasteiger partial charge on any atom is -0.504 e. The number of nitrogens with one attached hydrogen (secondary N) is 2. The molecule has 7 nitrogen and oxygen atoms in total. The molecule has 7 heteroatoms. The first-order valence-electron chi connectivity index (χ1n) is 9.07. The summed E-state index contributed by atoms with van der Waals surface area (Å²) in [5.41, 5.74) is 2.64. The number of phenolic OH excluding ortho intramolecular Hbond substituents is 1. The maximum atomic E-state index is 12.2. The lowest BCUT2D eigenvalue weighted by Crippen LogP contribution is -2.22. The number of phenols is 1. The monoisotopic (exact) mass is 394 g/mol. The van der Waals surface area contributed by atoms with E-state index in [-0.39, 0.29) is 11.7 Å². The predicted molar refractivity (Wildman–Crippen MR) is 110 cm³/mol. The lowest BCUT2D eigenvalue weighted by Gasteiger charge is -2.05. The van der Waals surface area contributed by atoms with Gasteiger partial charge in [-0.15, -0.1) is 0 Å². The van der Waals surface area contributed by atoms with Gasteiger partial charge in [-0.2, -0.15) is 0 Å². The Balaban J connectivity index is 1.69. The molecule has 0 fully saturated rings. The Morgan fingerprint density at radius 2 is 2.03 bits per heavy atom. The lowest BCUT2D eigenvalue weighted by atomic mass is 10.1. The Labute approximate surface area is 168 Å². The molecule has 0 aliphatic carbocycles. The number of carbonyl (C=O) groups excluding carboxylic acids is 2. The summed E-state index contributed by atoms with van der Waals surface area (Å²) in [6.07, 6.45) is 5.44. The molecule has 29 heavy (non-hydrogen) atoms. The van der Waals surface area contributed by atoms with Crippen molar-refractivity contribution in [1.29, 1.82) is 0 Å². The Bertz CT molecular complexity index is 1070. The van der Waals surface area contributed by atoms with Crippen LogP contribution in [0.3, 0.4) is 0 Å². The quantitative estimate of drug-likeness (QED) is 0.325. The third kappa shape index (κ3) is 5.16. The van der Waals surface area contributed by atoms with E-state index in [4.69, 9.17) is 9.47 Å². The van der Waals surface area contributed by atoms with Crippen molar-refractivity contribution in [3.8, 4) is 17.2 Å². The topological polar surface area (TPSA) is 101 Å². The summed E-state index contributed by atoms with van der Waals surface area (Å²) in [5.74, 6) is 0.187. The average molecular weight is 394 g/mol. The van der Waals surface area contributed by atoms with Crippen LogP contribution in [0.4, 0.5) is 0 Å². The largest absolute Gasteiger partial charge is 0.504 e. The SMILES string of the molecule is COc1cc(/C=C/C(=O)Oc2ccc3[nH]cc(CCNC(C)=O)c3c2)ccc1O. The number of aromatic amines is 1. The molecular formula is C22H22N2O5. The molecular weight excluding hydrogens is 372 g/mol. The van der Waals surface area contributed by atoms with E-state index in [0.717, 1.165) is 16.5 Å². The number of ether oxygens (including phenoxy) is 2. The van der Waals surface area contributed by atoms with Crippen LogP contribution in [0.5, 0.6) is 17.2 Å². The molecule has 150 valence electrons. The summed E-state index contributed by atoms with van der Waals surface area (Å²) in [6, 6.07) is 10.1. The van der Waals surface area contributed by atoms with Gasteiger partial charge in [0.15, 0.2) is 11.5 Å². The smallest absolute Gasteiger partial charge is 0.336 e. The van der Waals surface area contributed by atoms with Crippen molar-refractivity contribution in [2.75, 3.05) is 13.7 Å². The predicted octanol–water partition coefficient (Wildman–Crippen LogP) is 3.18. The van der Waals surface area contributed by atoms with E-state index in [2.05, 4.69) is 10.3 Å². The number of benzene rings is 2. The van der Waals surface area contributed by atoms with Gasteiger partial charge in [0.2, 0.25) is 5.91 Å². The summed E-state index contributed by atoms with van der Waals surface area (Å²) < 4.78 is 10.4. The van der Waals surface area contributed by atoms with Crippen LogP contribution in [0.15, 0.2) is 48.7 Å². The minimum atomic E-state index is -0.522. The molecule has 1 amide bonds. The van der Waals surface area contributed by atoms with Crippen molar-refractivity contribution in [3.63, 3.8) is 0 Å². The first-order valence-corrected chi connectivity index (χ1v) is 9.07. The van der Waals surface area contributed by atoms with E-state index < -0.39 is 5.97 Å². The molecule has 3 N–H and O–H groups in total. The van der Waals surface area contributed by atoms with Crippen LogP contribution < -0.4 is 14.8 Å². The van der Waals surface area contributed by atoms with E-state index in [1.54, 1.807) is 30.3 Å². The Kier molecular flexibility index (Phi) is 6.19. The van der Waals surface area contributed by atoms with Crippen molar-refractivity contribution in [1.82, 2.24) is 10.3 Å². The zero-order chi connectivity index (χ0) is 20.8. The molecule has 0 aliphatic rings. The van der Waals surface area contributed by atoms with Gasteiger partial charge >= 0.3 is 5.97 Å². The highest BCUT2D eigenvalue weighted by Crippen LogP contribution is 2.27. The van der Waals surface area contributed by atoms with Gasteiger partial charge in [0.25, 0.3) is 0 Å². The van der Waals surface area contributed by atoms with E-state index in [0.29, 0.717) is 30.0 Å². The van der Waals surface area contributed by atoms with Crippen LogP contribution in [-0.4, -0.2) is 35.6 Å². The summed E-state index contributed by atoms with van der Waals surface area (Å²) in [5, 5.41) is 13.3. The molecule has 1 heterocycles. The van der Waals surface area contributed by atoms with Crippen LogP contribution in [0, 0.1) is 0 Å². The molecule has 1 aromatic heterocycles. The summed E-state index contributed by atoms with van der Waals surface area (Å²) in [6.45, 7) is 2.01. The Hall–Kier alpha value is -3.74. The zero-order valence-electron chi connectivity index (χ0n) is 16.2. The van der Waals surface area contributed by atoms with E-state index in [1.807, 2.05) is 12.3 Å². The van der Waals surface area contributed by atoms with E-state index in [1.165, 1.54) is 26.2 Å². The molecule has 0 bridgehead atoms. The number of H-pyrrole nitrogens is 1. The van der Waals surface area contributed by atoms with Crippen molar-refractivity contribution < 1.29 is 24.2 Å². The lowest BCUT2D eigenvalue weighted by molar-refractivity contribution is -0.129. The molecule has 2 aromatic carbocycles. The van der Waals surface area contributed by atoms with Crippen molar-refractivity contribution in [2.45, 2.75) is 13.3 Å². The molecule has 0 radical (unpaired) electrons. The van der Waals surface area contributed by atoms with Gasteiger partial charge in [0, 0.05) is 36.6 Å². The van der Waals surface area contributed by atoms with Gasteiger partial charge in [0.05, 0.1) is 7.11 Å². The minimum absolute atomic E-state index is 0.0290. The number of esters is 1. The van der Waals surface area contributed by atoms with Crippen LogP contribution in [0.2, 0.25) is 0 Å². The van der Waals surface area contributed by atoms with Gasteiger partial charge in [0.1, 0.15) is 5.75 Å². The molecule has 0 saturated carbocycles. The Morgan fingerprint density at radius 1 is 1.21 bits per heavy atom. The van der Waals surface area contributed by atoms with E-state index >= 15 is 0 Å². The molecule has 0 unspecified atom stereocenters. The van der Waals surface area contributed by atoms with Crippen LogP contribution in [0.25, 0.3) is 17.0 Å². The highest BCUT2D eigenvalue weighted by atomic mass is 16.5. The number of rotatable bonds is 7. The van der Waals surface area contributed by atoms with Gasteiger partial charge < -0.3 is 24.9 Å². The van der Waals surface area contributed by atoms with Gasteiger partial charge in [-0.25, -0.2) is 4.79 Å². The maximum absolute atomic E-state index is 12.2. The summed E-state index contributed by atoms with van der Waals surface area (Å²) in [7, 11) is 1.46. The van der Waals surface area contributed by atoms with Crippen LogP contribution in [-0.2, 0) is 16.0 Å². The number of methoxy groups -OCH3 is 1. The highest BCUT2D eigenvalue weighted by molar-refractivity contribution is 5.90. The Morgan fingerprint density at radius 3 is 2.79 bits per heavy atom. The standard InChI is InChI=1S/C22H22N2O5/c1-14(25)23-10-9-16-13-24-19-6-5-17(12-18(16)19)29-22(27)8-4-15-3-7-20(26)21(11-15)28-2/h3-8,11-13,24,26H,9-10H2,1-2H3,(H,23,25)/b8-4+. The van der Waals surface area contributed by atoms with E-state index in [9.17, 15) is 14.7 Å². The molecule has 3 aromatic rings. The third-order valence-corrected chi connectivity index (χ3v) is 4.34. The maximum Gasteiger partial charge on any atom is 0.336 e. The first kappa shape index (κ1) is 20.0. The van der Waals surface area contributed by atoms with Crippen molar-refractivity contribution in [3.05, 3.63) is 59.8 Å². The number of aromatic hydroxyl groups is 1. The summed E-state index contributed by atoms with van der Waals surface area (Å²) in [4.78, 5) is 26.4. The highest BCUT2D eigenvalue weighted by Gasteiger charge is 2.08. The first-order chi connectivity index (χ1) is 14.0. The van der Waals surface area contributed by atoms with Crippen LogP contribution >= 0.6 is 0 Å². The number of aromatic nitrogens is 1. The number of hydrogen-bond donors (Lipinski definition) is 3. The second-order valence-corrected chi connectivity index (χ2v) is 6.44. The second kappa shape index (κ2) is 8.97. The fraction of sp³-hybridized carbons (Fsp3) is 0.182. The number of carbonyl (C=O) groups is 2. The number of hydrogen-bond acceptors (Lipinski definition) is 5. The zero-order valence-corrected chi connectivity index (χ0v) is 16.2. The van der Waals surface area contributed by atoms with Gasteiger partial charge in [-0.1, -0.05) is 6.07 Å². The molecule has 3 rings (SSSR count). The number of fused-ring (bicyclic) bond motifs is 1.